The third-order valence-corrected chi connectivity index (χ3v) is 4.69. The van der Waals surface area contributed by atoms with Crippen LogP contribution in [-0.4, -0.2) is 22.0 Å². The van der Waals surface area contributed by atoms with Crippen LogP contribution in [0.5, 0.6) is 0 Å². The van der Waals surface area contributed by atoms with E-state index in [4.69, 9.17) is 0 Å². The van der Waals surface area contributed by atoms with E-state index in [9.17, 15) is 9.59 Å². The molecule has 2 rings (SSSR count). The van der Waals surface area contributed by atoms with Crippen LogP contribution in [0.1, 0.15) is 36.6 Å². The van der Waals surface area contributed by atoms with E-state index in [1.807, 2.05) is 13.8 Å². The van der Waals surface area contributed by atoms with Crippen molar-refractivity contribution in [2.75, 3.05) is 6.54 Å². The zero-order valence-electron chi connectivity index (χ0n) is 12.7. The van der Waals surface area contributed by atoms with Crippen LogP contribution < -0.4 is 10.9 Å². The Morgan fingerprint density at radius 3 is 2.86 bits per heavy atom. The highest BCUT2D eigenvalue weighted by atomic mass is 32.1. The fourth-order valence-electron chi connectivity index (χ4n) is 2.20. The van der Waals surface area contributed by atoms with Crippen molar-refractivity contribution in [2.45, 2.75) is 46.6 Å². The minimum Gasteiger partial charge on any atom is -0.355 e. The Hall–Kier alpha value is -1.69. The number of hydrogen-bond acceptors (Lipinski definition) is 4. The van der Waals surface area contributed by atoms with E-state index in [2.05, 4.69) is 17.2 Å². The number of rotatable bonds is 6. The van der Waals surface area contributed by atoms with Crippen LogP contribution in [0, 0.1) is 13.8 Å². The third-order valence-electron chi connectivity index (χ3n) is 3.57. The Bertz CT molecular complexity index is 703. The van der Waals surface area contributed by atoms with Crippen LogP contribution in [-0.2, 0) is 11.3 Å². The Labute approximate surface area is 128 Å². The number of thiophene rings is 1. The summed E-state index contributed by atoms with van der Waals surface area (Å²) in [5, 5.41) is 3.47. The Morgan fingerprint density at radius 1 is 1.38 bits per heavy atom. The zero-order chi connectivity index (χ0) is 15.4. The number of aromatic nitrogens is 2. The van der Waals surface area contributed by atoms with Gasteiger partial charge in [-0.2, -0.15) is 0 Å². The van der Waals surface area contributed by atoms with Crippen LogP contribution in [0.2, 0.25) is 0 Å². The van der Waals surface area contributed by atoms with Crippen molar-refractivity contribution in [3.63, 3.8) is 0 Å². The number of unbranched alkanes of at least 4 members (excludes halogenated alkanes) is 2. The molecule has 0 fully saturated rings. The lowest BCUT2D eigenvalue weighted by molar-refractivity contribution is -0.121. The molecule has 0 aliphatic heterocycles. The number of fused-ring (bicyclic) bond motifs is 1. The van der Waals surface area contributed by atoms with Gasteiger partial charge < -0.3 is 5.32 Å². The first-order valence-electron chi connectivity index (χ1n) is 7.26. The van der Waals surface area contributed by atoms with Crippen molar-refractivity contribution in [3.05, 3.63) is 27.1 Å². The summed E-state index contributed by atoms with van der Waals surface area (Å²) in [4.78, 5) is 30.4. The SMILES string of the molecule is CCCCCNC(=O)Cn1cnc2sc(C)c(C)c2c1=O. The summed E-state index contributed by atoms with van der Waals surface area (Å²) in [6.45, 7) is 6.71. The number of nitrogens with zero attached hydrogens (tertiary/aromatic N) is 2. The van der Waals surface area contributed by atoms with Crippen molar-refractivity contribution in [1.82, 2.24) is 14.9 Å². The van der Waals surface area contributed by atoms with Gasteiger partial charge in [0.05, 0.1) is 11.7 Å². The van der Waals surface area contributed by atoms with Gasteiger partial charge in [0.2, 0.25) is 5.91 Å². The maximum Gasteiger partial charge on any atom is 0.262 e. The standard InChI is InChI=1S/C15H21N3O2S/c1-4-5-6-7-16-12(19)8-18-9-17-14-13(15(18)20)10(2)11(3)21-14/h9H,4-8H2,1-3H3,(H,16,19). The molecule has 0 atom stereocenters. The fraction of sp³-hybridized carbons (Fsp3) is 0.533. The van der Waals surface area contributed by atoms with Crippen LogP contribution >= 0.6 is 11.3 Å². The molecule has 2 aromatic heterocycles. The molecule has 0 radical (unpaired) electrons. The average molecular weight is 307 g/mol. The van der Waals surface area contributed by atoms with Gasteiger partial charge >= 0.3 is 0 Å². The van der Waals surface area contributed by atoms with E-state index >= 15 is 0 Å². The Balaban J connectivity index is 2.12. The summed E-state index contributed by atoms with van der Waals surface area (Å²) < 4.78 is 1.39. The molecule has 2 aromatic rings. The van der Waals surface area contributed by atoms with Crippen LogP contribution in [0.4, 0.5) is 0 Å². The van der Waals surface area contributed by atoms with Gasteiger partial charge in [-0.15, -0.1) is 11.3 Å². The maximum atomic E-state index is 12.4. The molecule has 5 nitrogen and oxygen atoms in total. The number of hydrogen-bond donors (Lipinski definition) is 1. The molecule has 0 aliphatic rings. The smallest absolute Gasteiger partial charge is 0.262 e. The second kappa shape index (κ2) is 6.85. The molecule has 0 saturated carbocycles. The van der Waals surface area contributed by atoms with Gasteiger partial charge in [-0.1, -0.05) is 19.8 Å². The molecule has 21 heavy (non-hydrogen) atoms. The second-order valence-electron chi connectivity index (χ2n) is 5.20. The Morgan fingerprint density at radius 2 is 2.14 bits per heavy atom. The maximum absolute atomic E-state index is 12.4. The first kappa shape index (κ1) is 15.7. The topological polar surface area (TPSA) is 64.0 Å². The van der Waals surface area contributed by atoms with Crippen molar-refractivity contribution in [1.29, 1.82) is 0 Å². The minimum atomic E-state index is -0.140. The second-order valence-corrected chi connectivity index (χ2v) is 6.40. The van der Waals surface area contributed by atoms with Crippen LogP contribution in [0.25, 0.3) is 10.2 Å². The summed E-state index contributed by atoms with van der Waals surface area (Å²) in [6.07, 6.45) is 4.65. The first-order valence-corrected chi connectivity index (χ1v) is 8.08. The van der Waals surface area contributed by atoms with Gasteiger partial charge in [0.1, 0.15) is 11.4 Å². The molecule has 0 aromatic carbocycles. The fourth-order valence-corrected chi connectivity index (χ4v) is 3.18. The number of aryl methyl sites for hydroxylation is 2. The van der Waals surface area contributed by atoms with Gasteiger partial charge in [0.25, 0.3) is 5.56 Å². The van der Waals surface area contributed by atoms with Gasteiger partial charge in [-0.25, -0.2) is 4.98 Å². The van der Waals surface area contributed by atoms with E-state index in [-0.39, 0.29) is 18.0 Å². The summed E-state index contributed by atoms with van der Waals surface area (Å²) in [5.41, 5.74) is 0.829. The van der Waals surface area contributed by atoms with Gasteiger partial charge in [0.15, 0.2) is 0 Å². The lowest BCUT2D eigenvalue weighted by atomic mass is 10.2. The number of carbonyl (C=O) groups is 1. The molecule has 0 bridgehead atoms. The highest BCUT2D eigenvalue weighted by Gasteiger charge is 2.13. The van der Waals surface area contributed by atoms with Crippen molar-refractivity contribution >= 4 is 27.5 Å². The molecule has 2 heterocycles. The summed E-state index contributed by atoms with van der Waals surface area (Å²) >= 11 is 1.51. The van der Waals surface area contributed by atoms with Crippen molar-refractivity contribution < 1.29 is 4.79 Å². The summed E-state index contributed by atoms with van der Waals surface area (Å²) in [6, 6.07) is 0. The molecule has 114 valence electrons. The van der Waals surface area contributed by atoms with Crippen molar-refractivity contribution in [3.8, 4) is 0 Å². The molecular formula is C15H21N3O2S. The predicted octanol–water partition coefficient (Wildman–Crippen LogP) is 2.38. The first-order chi connectivity index (χ1) is 10.0. The third kappa shape index (κ3) is 3.50. The largest absolute Gasteiger partial charge is 0.355 e. The van der Waals surface area contributed by atoms with E-state index < -0.39 is 0 Å². The molecule has 6 heteroatoms. The lowest BCUT2D eigenvalue weighted by Gasteiger charge is -2.07. The molecule has 1 amide bonds. The van der Waals surface area contributed by atoms with E-state index in [1.165, 1.54) is 22.2 Å². The number of carbonyl (C=O) groups excluding carboxylic acids is 1. The molecule has 0 spiro atoms. The summed E-state index contributed by atoms with van der Waals surface area (Å²) in [5.74, 6) is -0.140. The van der Waals surface area contributed by atoms with Crippen molar-refractivity contribution in [2.24, 2.45) is 0 Å². The van der Waals surface area contributed by atoms with Gasteiger partial charge in [0, 0.05) is 11.4 Å². The average Bonchev–Trinajstić information content (AvgIpc) is 2.74. The highest BCUT2D eigenvalue weighted by molar-refractivity contribution is 7.18. The van der Waals surface area contributed by atoms with Gasteiger partial charge in [-0.05, 0) is 25.8 Å². The quantitative estimate of drug-likeness (QED) is 0.833. The van der Waals surface area contributed by atoms with Crippen LogP contribution in [0.15, 0.2) is 11.1 Å². The normalized spacial score (nSPS) is 11.0. The molecular weight excluding hydrogens is 286 g/mol. The molecule has 0 unspecified atom stereocenters. The monoisotopic (exact) mass is 307 g/mol. The predicted molar refractivity (Wildman–Crippen MR) is 85.9 cm³/mol. The molecule has 0 aliphatic carbocycles. The zero-order valence-corrected chi connectivity index (χ0v) is 13.5. The number of amides is 1. The minimum absolute atomic E-state index is 0.0300. The van der Waals surface area contributed by atoms with E-state index in [1.54, 1.807) is 0 Å². The lowest BCUT2D eigenvalue weighted by Crippen LogP contribution is -2.33. The Kier molecular flexibility index (Phi) is 5.12. The van der Waals surface area contributed by atoms with E-state index in [0.717, 1.165) is 34.5 Å². The highest BCUT2D eigenvalue weighted by Crippen LogP contribution is 2.25. The summed E-state index contributed by atoms with van der Waals surface area (Å²) in [7, 11) is 0. The van der Waals surface area contributed by atoms with Crippen LogP contribution in [0.3, 0.4) is 0 Å². The molecule has 1 N–H and O–H groups in total. The van der Waals surface area contributed by atoms with Gasteiger partial charge in [-0.3, -0.25) is 14.2 Å². The number of nitrogens with one attached hydrogen (secondary N) is 1. The van der Waals surface area contributed by atoms with E-state index in [0.29, 0.717) is 11.9 Å². The molecule has 0 saturated heterocycles.